The number of benzene rings is 1. The number of hydrogen-bond donors (Lipinski definition) is 2. The highest BCUT2D eigenvalue weighted by atomic mass is 127. The minimum absolute atomic E-state index is 0. The van der Waals surface area contributed by atoms with Gasteiger partial charge in [0.05, 0.1) is 12.6 Å². The van der Waals surface area contributed by atoms with Crippen LogP contribution in [0, 0.1) is 5.41 Å². The second-order valence-electron chi connectivity index (χ2n) is 7.92. The number of guanidine groups is 1. The van der Waals surface area contributed by atoms with E-state index in [1.807, 2.05) is 6.07 Å². The lowest BCUT2D eigenvalue weighted by molar-refractivity contribution is 0.0732. The van der Waals surface area contributed by atoms with Crippen molar-refractivity contribution in [2.45, 2.75) is 64.5 Å². The molecule has 2 aliphatic carbocycles. The highest BCUT2D eigenvalue weighted by Crippen LogP contribution is 2.43. The largest absolute Gasteiger partial charge is 0.490 e. The van der Waals surface area contributed by atoms with E-state index in [1.165, 1.54) is 38.5 Å². The summed E-state index contributed by atoms with van der Waals surface area (Å²) in [6.07, 6.45) is 9.02. The summed E-state index contributed by atoms with van der Waals surface area (Å²) in [7, 11) is 1.79. The number of rotatable bonds is 10. The van der Waals surface area contributed by atoms with E-state index in [0.717, 1.165) is 43.4 Å². The summed E-state index contributed by atoms with van der Waals surface area (Å²) in [6.45, 7) is 5.39. The maximum Gasteiger partial charge on any atom is 0.191 e. The van der Waals surface area contributed by atoms with Crippen molar-refractivity contribution in [2.24, 2.45) is 10.4 Å². The quantitative estimate of drug-likeness (QED) is 0.282. The molecule has 2 fully saturated rings. The highest BCUT2D eigenvalue weighted by molar-refractivity contribution is 14.0. The average molecular weight is 501 g/mol. The van der Waals surface area contributed by atoms with E-state index in [9.17, 15) is 0 Å². The summed E-state index contributed by atoms with van der Waals surface area (Å²) < 4.78 is 11.4. The van der Waals surface area contributed by atoms with Gasteiger partial charge in [-0.2, -0.15) is 0 Å². The van der Waals surface area contributed by atoms with Gasteiger partial charge in [-0.05, 0) is 56.9 Å². The van der Waals surface area contributed by atoms with Crippen LogP contribution in [0.5, 0.6) is 5.75 Å². The molecule has 0 unspecified atom stereocenters. The molecule has 1 aromatic rings. The van der Waals surface area contributed by atoms with Gasteiger partial charge in [0.1, 0.15) is 5.75 Å². The standard InChI is InChI=1S/C22H35N3O2.HI/c1-3-23-21(25-17-22(12-7-13-22)14-15-26-2)24-16-18-8-4-5-11-20(18)27-19-9-6-10-19;/h4-5,8,11,19H,3,6-7,9-10,12-17H2,1-2H3,(H2,23,24,25);1H. The molecule has 0 spiro atoms. The number of methoxy groups -OCH3 is 1. The van der Waals surface area contributed by atoms with Crippen molar-refractivity contribution in [1.29, 1.82) is 0 Å². The van der Waals surface area contributed by atoms with Crippen LogP contribution in [0.25, 0.3) is 0 Å². The first-order chi connectivity index (χ1) is 13.2. The smallest absolute Gasteiger partial charge is 0.191 e. The highest BCUT2D eigenvalue weighted by Gasteiger charge is 2.36. The monoisotopic (exact) mass is 501 g/mol. The maximum absolute atomic E-state index is 6.13. The van der Waals surface area contributed by atoms with E-state index in [-0.39, 0.29) is 24.0 Å². The van der Waals surface area contributed by atoms with Crippen molar-refractivity contribution in [3.05, 3.63) is 29.8 Å². The molecule has 0 atom stereocenters. The van der Waals surface area contributed by atoms with Gasteiger partial charge >= 0.3 is 0 Å². The number of ether oxygens (including phenoxy) is 2. The van der Waals surface area contributed by atoms with Crippen LogP contribution in [0.2, 0.25) is 0 Å². The maximum atomic E-state index is 6.13. The van der Waals surface area contributed by atoms with Gasteiger partial charge in [-0.1, -0.05) is 24.6 Å². The molecule has 158 valence electrons. The first-order valence-corrected chi connectivity index (χ1v) is 10.5. The molecule has 6 heteroatoms. The van der Waals surface area contributed by atoms with Crippen molar-refractivity contribution in [3.8, 4) is 5.75 Å². The molecule has 5 nitrogen and oxygen atoms in total. The fourth-order valence-electron chi connectivity index (χ4n) is 3.71. The topological polar surface area (TPSA) is 54.9 Å². The number of hydrogen-bond acceptors (Lipinski definition) is 3. The van der Waals surface area contributed by atoms with E-state index in [2.05, 4.69) is 35.8 Å². The molecule has 28 heavy (non-hydrogen) atoms. The zero-order valence-corrected chi connectivity index (χ0v) is 19.7. The third kappa shape index (κ3) is 6.51. The molecule has 2 aliphatic rings. The summed E-state index contributed by atoms with van der Waals surface area (Å²) in [5.74, 6) is 1.87. The molecule has 3 rings (SSSR count). The van der Waals surface area contributed by atoms with Crippen LogP contribution in [-0.2, 0) is 11.3 Å². The van der Waals surface area contributed by atoms with Crippen LogP contribution in [0.15, 0.2) is 29.3 Å². The lowest BCUT2D eigenvalue weighted by Gasteiger charge is -2.42. The minimum atomic E-state index is 0. The molecule has 0 aliphatic heterocycles. The van der Waals surface area contributed by atoms with E-state index in [0.29, 0.717) is 18.1 Å². The zero-order valence-electron chi connectivity index (χ0n) is 17.3. The Morgan fingerprint density at radius 1 is 1.18 bits per heavy atom. The van der Waals surface area contributed by atoms with Crippen molar-refractivity contribution < 1.29 is 9.47 Å². The first-order valence-electron chi connectivity index (χ1n) is 10.5. The average Bonchev–Trinajstić information content (AvgIpc) is 2.62. The van der Waals surface area contributed by atoms with E-state index >= 15 is 0 Å². The Bertz CT molecular complexity index is 616. The second kappa shape index (κ2) is 11.9. The first kappa shape index (κ1) is 23.3. The van der Waals surface area contributed by atoms with Crippen molar-refractivity contribution in [1.82, 2.24) is 10.6 Å². The molecular weight excluding hydrogens is 465 g/mol. The molecule has 2 saturated carbocycles. The van der Waals surface area contributed by atoms with E-state index in [1.54, 1.807) is 7.11 Å². The second-order valence-corrected chi connectivity index (χ2v) is 7.92. The summed E-state index contributed by atoms with van der Waals surface area (Å²) >= 11 is 0. The number of halogens is 1. The number of para-hydroxylation sites is 1. The molecule has 0 aromatic heterocycles. The molecule has 0 amide bonds. The van der Waals surface area contributed by atoms with Crippen LogP contribution in [0.1, 0.15) is 57.4 Å². The predicted molar refractivity (Wildman–Crippen MR) is 126 cm³/mol. The third-order valence-electron chi connectivity index (χ3n) is 5.95. The summed E-state index contributed by atoms with van der Waals surface area (Å²) in [6, 6.07) is 8.29. The van der Waals surface area contributed by atoms with Gasteiger partial charge in [-0.25, -0.2) is 4.99 Å². The van der Waals surface area contributed by atoms with Gasteiger partial charge < -0.3 is 20.1 Å². The molecule has 0 radical (unpaired) electrons. The normalized spacial score (nSPS) is 18.4. The number of nitrogens with one attached hydrogen (secondary N) is 2. The third-order valence-corrected chi connectivity index (χ3v) is 5.95. The Kier molecular flexibility index (Phi) is 9.85. The SMILES string of the molecule is CCNC(=NCc1ccccc1OC1CCC1)NCC1(CCOC)CCC1.I. The van der Waals surface area contributed by atoms with Crippen LogP contribution >= 0.6 is 24.0 Å². The fourth-order valence-corrected chi connectivity index (χ4v) is 3.71. The fraction of sp³-hybridized carbons (Fsp3) is 0.682. The van der Waals surface area contributed by atoms with Gasteiger partial charge in [-0.3, -0.25) is 0 Å². The number of aliphatic imine (C=N–C) groups is 1. The molecular formula is C22H36IN3O2. The number of nitrogens with zero attached hydrogens (tertiary/aromatic N) is 1. The summed E-state index contributed by atoms with van der Waals surface area (Å²) in [4.78, 5) is 4.82. The van der Waals surface area contributed by atoms with Crippen molar-refractivity contribution >= 4 is 29.9 Å². The van der Waals surface area contributed by atoms with Crippen LogP contribution in [0.3, 0.4) is 0 Å². The Morgan fingerprint density at radius 3 is 2.57 bits per heavy atom. The van der Waals surface area contributed by atoms with Crippen LogP contribution in [-0.4, -0.2) is 38.9 Å². The van der Waals surface area contributed by atoms with Crippen LogP contribution < -0.4 is 15.4 Å². The molecule has 0 heterocycles. The van der Waals surface area contributed by atoms with Gasteiger partial charge in [0.25, 0.3) is 0 Å². The van der Waals surface area contributed by atoms with E-state index in [4.69, 9.17) is 14.5 Å². The predicted octanol–water partition coefficient (Wildman–Crippen LogP) is 4.50. The summed E-state index contributed by atoms with van der Waals surface area (Å²) in [5.41, 5.74) is 1.52. The Balaban J connectivity index is 0.00000280. The Labute approximate surface area is 187 Å². The van der Waals surface area contributed by atoms with Gasteiger partial charge in [-0.15, -0.1) is 24.0 Å². The molecule has 0 saturated heterocycles. The van der Waals surface area contributed by atoms with Gasteiger partial charge in [0.2, 0.25) is 0 Å². The molecule has 0 bridgehead atoms. The zero-order chi connectivity index (χ0) is 19.0. The van der Waals surface area contributed by atoms with Crippen LogP contribution in [0.4, 0.5) is 0 Å². The van der Waals surface area contributed by atoms with Gasteiger partial charge in [0.15, 0.2) is 5.96 Å². The molecule has 2 N–H and O–H groups in total. The van der Waals surface area contributed by atoms with Crippen molar-refractivity contribution in [2.75, 3.05) is 26.8 Å². The minimum Gasteiger partial charge on any atom is -0.490 e. The van der Waals surface area contributed by atoms with Gasteiger partial charge in [0, 0.05) is 32.4 Å². The Morgan fingerprint density at radius 2 is 1.96 bits per heavy atom. The molecule has 1 aromatic carbocycles. The lowest BCUT2D eigenvalue weighted by Crippen LogP contribution is -2.47. The lowest BCUT2D eigenvalue weighted by atomic mass is 9.67. The summed E-state index contributed by atoms with van der Waals surface area (Å²) in [5, 5.41) is 6.95. The Hall–Kier alpha value is -1.02. The van der Waals surface area contributed by atoms with Crippen molar-refractivity contribution in [3.63, 3.8) is 0 Å². The van der Waals surface area contributed by atoms with E-state index < -0.39 is 0 Å².